The number of nitrogens with one attached hydrogen (secondary N) is 1. The van der Waals surface area contributed by atoms with Gasteiger partial charge in [0.2, 0.25) is 11.7 Å². The first-order valence-corrected chi connectivity index (χ1v) is 8.70. The Bertz CT molecular complexity index is 859. The normalized spacial score (nSPS) is 14.6. The van der Waals surface area contributed by atoms with Crippen LogP contribution in [0.1, 0.15) is 28.8 Å². The highest BCUT2D eigenvalue weighted by Gasteiger charge is 2.27. The summed E-state index contributed by atoms with van der Waals surface area (Å²) in [6.07, 6.45) is 3.58. The minimum Gasteiger partial charge on any atom is -0.371 e. The van der Waals surface area contributed by atoms with Crippen molar-refractivity contribution in [2.24, 2.45) is 5.92 Å². The molecule has 0 bridgehead atoms. The largest absolute Gasteiger partial charge is 0.371 e. The molecule has 3 rings (SSSR count). The smallest absolute Gasteiger partial charge is 0.312 e. The highest BCUT2D eigenvalue weighted by atomic mass is 16.6. The highest BCUT2D eigenvalue weighted by molar-refractivity contribution is 5.93. The summed E-state index contributed by atoms with van der Waals surface area (Å²) in [7, 11) is 0. The Kier molecular flexibility index (Phi) is 5.44. The number of nitrogens with zero attached hydrogens (tertiary/aromatic N) is 3. The van der Waals surface area contributed by atoms with Crippen molar-refractivity contribution in [1.29, 1.82) is 0 Å². The van der Waals surface area contributed by atoms with Crippen LogP contribution < -0.4 is 10.2 Å². The van der Waals surface area contributed by atoms with Crippen LogP contribution >= 0.6 is 0 Å². The Labute approximate surface area is 156 Å². The van der Waals surface area contributed by atoms with E-state index in [1.807, 2.05) is 12.1 Å². The lowest BCUT2D eigenvalue weighted by atomic mass is 9.95. The molecular formula is C19H20N4O4. The zero-order valence-corrected chi connectivity index (χ0v) is 14.9. The fraction of sp³-hybridized carbons (Fsp3) is 0.316. The number of anilines is 2. The summed E-state index contributed by atoms with van der Waals surface area (Å²) in [5.74, 6) is -0.480. The van der Waals surface area contributed by atoms with Crippen LogP contribution in [0.15, 0.2) is 36.5 Å². The molecule has 0 atom stereocenters. The molecule has 1 aliphatic rings. The number of hydrogen-bond acceptors (Lipinski definition) is 6. The summed E-state index contributed by atoms with van der Waals surface area (Å²) in [4.78, 5) is 40.0. The topological polar surface area (TPSA) is 105 Å². The van der Waals surface area contributed by atoms with Gasteiger partial charge in [0, 0.05) is 42.5 Å². The molecule has 0 spiro atoms. The van der Waals surface area contributed by atoms with Crippen LogP contribution in [0.5, 0.6) is 0 Å². The van der Waals surface area contributed by atoms with E-state index in [1.54, 1.807) is 19.1 Å². The second kappa shape index (κ2) is 7.94. The van der Waals surface area contributed by atoms with Crippen LogP contribution in [0.2, 0.25) is 0 Å². The number of rotatable bonds is 5. The van der Waals surface area contributed by atoms with E-state index in [0.717, 1.165) is 12.0 Å². The van der Waals surface area contributed by atoms with Gasteiger partial charge >= 0.3 is 5.69 Å². The summed E-state index contributed by atoms with van der Waals surface area (Å²) in [5, 5.41) is 13.8. The predicted octanol–water partition coefficient (Wildman–Crippen LogP) is 2.97. The third-order valence-electron chi connectivity index (χ3n) is 4.70. The van der Waals surface area contributed by atoms with Gasteiger partial charge in [-0.1, -0.05) is 0 Å². The highest BCUT2D eigenvalue weighted by Crippen LogP contribution is 2.27. The Hall–Kier alpha value is -3.29. The van der Waals surface area contributed by atoms with Crippen molar-refractivity contribution >= 4 is 29.4 Å². The van der Waals surface area contributed by atoms with Gasteiger partial charge in [-0.05, 0) is 49.6 Å². The zero-order chi connectivity index (χ0) is 19.4. The number of nitro groups is 1. The van der Waals surface area contributed by atoms with Gasteiger partial charge in [-0.3, -0.25) is 19.7 Å². The van der Waals surface area contributed by atoms with Crippen LogP contribution in [0.3, 0.4) is 0 Å². The quantitative estimate of drug-likeness (QED) is 0.494. The van der Waals surface area contributed by atoms with E-state index >= 15 is 0 Å². The molecule has 2 aromatic rings. The first-order chi connectivity index (χ1) is 13.0. The molecule has 1 fully saturated rings. The molecule has 8 nitrogen and oxygen atoms in total. The molecule has 140 valence electrons. The summed E-state index contributed by atoms with van der Waals surface area (Å²) in [6.45, 7) is 3.10. The SMILES string of the molecule is Cc1cnc(NC(=O)C2CCN(c3ccc(C=O)cc3)CC2)c([N+](=O)[O-])c1. The van der Waals surface area contributed by atoms with Crippen molar-refractivity contribution in [3.05, 3.63) is 57.8 Å². The number of piperidine rings is 1. The van der Waals surface area contributed by atoms with Gasteiger partial charge in [-0.2, -0.15) is 0 Å². The minimum absolute atomic E-state index is 0.0116. The van der Waals surface area contributed by atoms with E-state index in [9.17, 15) is 19.7 Å². The molecule has 0 aliphatic carbocycles. The number of hydrogen-bond donors (Lipinski definition) is 1. The van der Waals surface area contributed by atoms with Gasteiger partial charge in [-0.15, -0.1) is 0 Å². The minimum atomic E-state index is -0.540. The Balaban J connectivity index is 1.62. The molecule has 0 radical (unpaired) electrons. The third kappa shape index (κ3) is 4.28. The average molecular weight is 368 g/mol. The van der Waals surface area contributed by atoms with Crippen molar-refractivity contribution in [2.75, 3.05) is 23.3 Å². The number of pyridine rings is 1. The molecule has 8 heteroatoms. The maximum Gasteiger partial charge on any atom is 0.312 e. The summed E-state index contributed by atoms with van der Waals surface area (Å²) in [5.41, 5.74) is 2.10. The maximum atomic E-state index is 12.5. The van der Waals surface area contributed by atoms with Crippen molar-refractivity contribution in [1.82, 2.24) is 4.98 Å². The molecule has 0 unspecified atom stereocenters. The zero-order valence-electron chi connectivity index (χ0n) is 14.9. The number of carbonyl (C=O) groups excluding carboxylic acids is 2. The molecule has 1 aromatic heterocycles. The van der Waals surface area contributed by atoms with Gasteiger partial charge < -0.3 is 10.2 Å². The van der Waals surface area contributed by atoms with E-state index in [0.29, 0.717) is 37.1 Å². The van der Waals surface area contributed by atoms with Crippen molar-refractivity contribution < 1.29 is 14.5 Å². The Morgan fingerprint density at radius 3 is 2.56 bits per heavy atom. The number of benzene rings is 1. The lowest BCUT2D eigenvalue weighted by molar-refractivity contribution is -0.384. The second-order valence-electron chi connectivity index (χ2n) is 6.60. The van der Waals surface area contributed by atoms with E-state index in [4.69, 9.17) is 0 Å². The van der Waals surface area contributed by atoms with Gasteiger partial charge in [0.25, 0.3) is 0 Å². The number of amides is 1. The fourth-order valence-corrected chi connectivity index (χ4v) is 3.17. The number of carbonyl (C=O) groups is 2. The third-order valence-corrected chi connectivity index (χ3v) is 4.70. The maximum absolute atomic E-state index is 12.5. The van der Waals surface area contributed by atoms with E-state index in [1.165, 1.54) is 12.3 Å². The Morgan fingerprint density at radius 2 is 1.96 bits per heavy atom. The number of aldehydes is 1. The molecular weight excluding hydrogens is 348 g/mol. The molecule has 1 saturated heterocycles. The monoisotopic (exact) mass is 368 g/mol. The van der Waals surface area contributed by atoms with Gasteiger partial charge in [0.05, 0.1) is 4.92 Å². The summed E-state index contributed by atoms with van der Waals surface area (Å²) >= 11 is 0. The predicted molar refractivity (Wildman–Crippen MR) is 101 cm³/mol. The first-order valence-electron chi connectivity index (χ1n) is 8.70. The van der Waals surface area contributed by atoms with E-state index in [-0.39, 0.29) is 23.3 Å². The van der Waals surface area contributed by atoms with Crippen LogP contribution in [0.25, 0.3) is 0 Å². The lowest BCUT2D eigenvalue weighted by Crippen LogP contribution is -2.38. The standard InChI is InChI=1S/C19H20N4O4/c1-13-10-17(23(26)27)18(20-11-13)21-19(25)15-6-8-22(9-7-15)16-4-2-14(12-24)3-5-16/h2-5,10-12,15H,6-9H2,1H3,(H,20,21,25). The van der Waals surface area contributed by atoms with Crippen LogP contribution in [0.4, 0.5) is 17.2 Å². The van der Waals surface area contributed by atoms with Crippen LogP contribution in [-0.2, 0) is 4.79 Å². The van der Waals surface area contributed by atoms with Crippen molar-refractivity contribution in [3.63, 3.8) is 0 Å². The molecule has 1 aliphatic heterocycles. The van der Waals surface area contributed by atoms with Gasteiger partial charge in [0.1, 0.15) is 6.29 Å². The fourth-order valence-electron chi connectivity index (χ4n) is 3.17. The molecule has 2 heterocycles. The molecule has 27 heavy (non-hydrogen) atoms. The lowest BCUT2D eigenvalue weighted by Gasteiger charge is -2.33. The number of aryl methyl sites for hydroxylation is 1. The summed E-state index contributed by atoms with van der Waals surface area (Å²) in [6, 6.07) is 8.72. The van der Waals surface area contributed by atoms with Crippen LogP contribution in [0, 0.1) is 23.0 Å². The van der Waals surface area contributed by atoms with Gasteiger partial charge in [-0.25, -0.2) is 4.98 Å². The summed E-state index contributed by atoms with van der Waals surface area (Å²) < 4.78 is 0. The molecule has 1 aromatic carbocycles. The first kappa shape index (κ1) is 18.5. The van der Waals surface area contributed by atoms with E-state index in [2.05, 4.69) is 15.2 Å². The van der Waals surface area contributed by atoms with Crippen LogP contribution in [-0.4, -0.2) is 35.2 Å². The number of aromatic nitrogens is 1. The molecule has 1 N–H and O–H groups in total. The molecule has 0 saturated carbocycles. The molecule has 1 amide bonds. The van der Waals surface area contributed by atoms with E-state index < -0.39 is 4.92 Å². The average Bonchev–Trinajstić information content (AvgIpc) is 2.69. The second-order valence-corrected chi connectivity index (χ2v) is 6.60. The Morgan fingerprint density at radius 1 is 1.30 bits per heavy atom. The van der Waals surface area contributed by atoms with Gasteiger partial charge in [0.15, 0.2) is 0 Å². The van der Waals surface area contributed by atoms with Crippen molar-refractivity contribution in [3.8, 4) is 0 Å². The van der Waals surface area contributed by atoms with Crippen molar-refractivity contribution in [2.45, 2.75) is 19.8 Å².